The largest absolute Gasteiger partial charge is 0.480 e. The van der Waals surface area contributed by atoms with Crippen molar-refractivity contribution in [3.8, 4) is 0 Å². The van der Waals surface area contributed by atoms with Crippen molar-refractivity contribution in [1.29, 1.82) is 0 Å². The Morgan fingerprint density at radius 2 is 2.18 bits per heavy atom. The molecule has 0 aliphatic carbocycles. The van der Waals surface area contributed by atoms with Gasteiger partial charge in [-0.05, 0) is 31.4 Å². The van der Waals surface area contributed by atoms with E-state index in [0.717, 1.165) is 12.8 Å². The lowest BCUT2D eigenvalue weighted by molar-refractivity contribution is -0.141. The molecule has 0 aromatic rings. The quantitative estimate of drug-likeness (QED) is 0.796. The van der Waals surface area contributed by atoms with Gasteiger partial charge in [-0.2, -0.15) is 11.8 Å². The molecule has 0 saturated carbocycles. The van der Waals surface area contributed by atoms with E-state index in [1.807, 2.05) is 11.8 Å². The van der Waals surface area contributed by atoms with Gasteiger partial charge in [-0.3, -0.25) is 0 Å². The minimum absolute atomic E-state index is 0.220. The molecule has 2 heterocycles. The summed E-state index contributed by atoms with van der Waals surface area (Å²) in [5.74, 6) is 0.273. The molecule has 0 aromatic carbocycles. The molecule has 2 amide bonds. The summed E-state index contributed by atoms with van der Waals surface area (Å²) in [6.07, 6.45) is 3.71. The number of urea groups is 1. The van der Waals surface area contributed by atoms with Crippen LogP contribution in [-0.4, -0.2) is 52.1 Å². The van der Waals surface area contributed by atoms with Crippen molar-refractivity contribution in [2.45, 2.75) is 37.0 Å². The Labute approximate surface area is 105 Å². The number of thioether (sulfide) groups is 1. The first-order valence-corrected chi connectivity index (χ1v) is 7.12. The van der Waals surface area contributed by atoms with Gasteiger partial charge >= 0.3 is 12.0 Å². The number of carboxylic acids is 1. The van der Waals surface area contributed by atoms with Gasteiger partial charge in [0, 0.05) is 18.3 Å². The van der Waals surface area contributed by atoms with E-state index >= 15 is 0 Å². The van der Waals surface area contributed by atoms with Crippen molar-refractivity contribution in [3.05, 3.63) is 0 Å². The van der Waals surface area contributed by atoms with E-state index in [1.165, 1.54) is 17.1 Å². The van der Waals surface area contributed by atoms with E-state index in [9.17, 15) is 9.59 Å². The lowest BCUT2D eigenvalue weighted by Crippen LogP contribution is -2.47. The number of amides is 2. The van der Waals surface area contributed by atoms with Crippen molar-refractivity contribution in [2.24, 2.45) is 0 Å². The zero-order valence-electron chi connectivity index (χ0n) is 9.72. The van der Waals surface area contributed by atoms with Crippen LogP contribution in [0.4, 0.5) is 4.79 Å². The van der Waals surface area contributed by atoms with Crippen molar-refractivity contribution < 1.29 is 14.7 Å². The Morgan fingerprint density at radius 3 is 2.82 bits per heavy atom. The first-order chi connectivity index (χ1) is 8.18. The molecule has 2 atom stereocenters. The number of nitrogens with one attached hydrogen (secondary N) is 1. The van der Waals surface area contributed by atoms with E-state index in [1.54, 1.807) is 0 Å². The molecular weight excluding hydrogens is 240 g/mol. The summed E-state index contributed by atoms with van der Waals surface area (Å²) in [5.41, 5.74) is 0. The first-order valence-electron chi connectivity index (χ1n) is 6.07. The number of hydrogen-bond acceptors (Lipinski definition) is 3. The van der Waals surface area contributed by atoms with Gasteiger partial charge in [-0.15, -0.1) is 0 Å². The summed E-state index contributed by atoms with van der Waals surface area (Å²) in [6.45, 7) is 1.22. The molecule has 0 aromatic heterocycles. The second kappa shape index (κ2) is 5.62. The monoisotopic (exact) mass is 258 g/mol. The SMILES string of the molecule is O=C(O)[C@H]1CCCN1C(=O)NCC1CCCS1. The van der Waals surface area contributed by atoms with Gasteiger partial charge in [-0.1, -0.05) is 0 Å². The van der Waals surface area contributed by atoms with Crippen LogP contribution in [0.3, 0.4) is 0 Å². The highest BCUT2D eigenvalue weighted by molar-refractivity contribution is 8.00. The molecule has 96 valence electrons. The van der Waals surface area contributed by atoms with Crippen LogP contribution >= 0.6 is 11.8 Å². The van der Waals surface area contributed by atoms with Gasteiger partial charge in [0.1, 0.15) is 6.04 Å². The standard InChI is InChI=1S/C11H18N2O3S/c14-10(15)9-4-1-5-13(9)11(16)12-7-8-3-2-6-17-8/h8-9H,1-7H2,(H,12,16)(H,14,15)/t8?,9-/m1/s1. The summed E-state index contributed by atoms with van der Waals surface area (Å²) >= 11 is 1.88. The highest BCUT2D eigenvalue weighted by atomic mass is 32.2. The maximum atomic E-state index is 11.9. The molecule has 2 aliphatic heterocycles. The van der Waals surface area contributed by atoms with Crippen molar-refractivity contribution in [2.75, 3.05) is 18.8 Å². The van der Waals surface area contributed by atoms with Gasteiger partial charge in [0.05, 0.1) is 0 Å². The van der Waals surface area contributed by atoms with Crippen LogP contribution in [0.1, 0.15) is 25.7 Å². The number of hydrogen-bond donors (Lipinski definition) is 2. The summed E-state index contributed by atoms with van der Waals surface area (Å²) in [6, 6.07) is -0.853. The Balaban J connectivity index is 1.80. The lowest BCUT2D eigenvalue weighted by atomic mass is 10.2. The Bertz CT molecular complexity index is 305. The van der Waals surface area contributed by atoms with E-state index in [-0.39, 0.29) is 6.03 Å². The molecule has 0 bridgehead atoms. The van der Waals surface area contributed by atoms with Gasteiger partial charge in [0.2, 0.25) is 0 Å². The second-order valence-corrected chi connectivity index (χ2v) is 5.92. The van der Waals surface area contributed by atoms with Gasteiger partial charge in [0.15, 0.2) is 0 Å². The van der Waals surface area contributed by atoms with E-state index in [2.05, 4.69) is 5.32 Å². The average molecular weight is 258 g/mol. The minimum atomic E-state index is -0.895. The smallest absolute Gasteiger partial charge is 0.326 e. The molecule has 2 N–H and O–H groups in total. The minimum Gasteiger partial charge on any atom is -0.480 e. The average Bonchev–Trinajstić information content (AvgIpc) is 2.96. The van der Waals surface area contributed by atoms with Crippen LogP contribution in [0.15, 0.2) is 0 Å². The number of nitrogens with zero attached hydrogens (tertiary/aromatic N) is 1. The maximum absolute atomic E-state index is 11.9. The fourth-order valence-corrected chi connectivity index (χ4v) is 3.58. The van der Waals surface area contributed by atoms with Crippen LogP contribution in [0.2, 0.25) is 0 Å². The zero-order valence-corrected chi connectivity index (χ0v) is 10.5. The Hall–Kier alpha value is -0.910. The Kier molecular flexibility index (Phi) is 4.15. The number of rotatable bonds is 3. The fourth-order valence-electron chi connectivity index (χ4n) is 2.37. The molecule has 2 rings (SSSR count). The third-order valence-electron chi connectivity index (χ3n) is 3.30. The lowest BCUT2D eigenvalue weighted by Gasteiger charge is -2.22. The van der Waals surface area contributed by atoms with Crippen molar-refractivity contribution in [1.82, 2.24) is 10.2 Å². The predicted octanol–water partition coefficient (Wildman–Crippen LogP) is 1.14. The van der Waals surface area contributed by atoms with E-state index in [4.69, 9.17) is 5.11 Å². The van der Waals surface area contributed by atoms with Gasteiger partial charge < -0.3 is 15.3 Å². The predicted molar refractivity (Wildman–Crippen MR) is 66.2 cm³/mol. The number of carboxylic acid groups (broad SMARTS) is 1. The molecule has 6 heteroatoms. The third kappa shape index (κ3) is 3.06. The van der Waals surface area contributed by atoms with E-state index < -0.39 is 12.0 Å². The molecule has 5 nitrogen and oxygen atoms in total. The zero-order chi connectivity index (χ0) is 12.3. The summed E-state index contributed by atoms with van der Waals surface area (Å²) in [7, 11) is 0. The summed E-state index contributed by atoms with van der Waals surface area (Å²) in [4.78, 5) is 24.3. The van der Waals surface area contributed by atoms with Crippen LogP contribution in [-0.2, 0) is 4.79 Å². The third-order valence-corrected chi connectivity index (χ3v) is 4.70. The van der Waals surface area contributed by atoms with Crippen LogP contribution < -0.4 is 5.32 Å². The van der Waals surface area contributed by atoms with Crippen molar-refractivity contribution >= 4 is 23.8 Å². The highest BCUT2D eigenvalue weighted by Crippen LogP contribution is 2.25. The topological polar surface area (TPSA) is 69.6 Å². The molecule has 17 heavy (non-hydrogen) atoms. The molecule has 1 unspecified atom stereocenters. The highest BCUT2D eigenvalue weighted by Gasteiger charge is 2.34. The fraction of sp³-hybridized carbons (Fsp3) is 0.818. The van der Waals surface area contributed by atoms with Crippen LogP contribution in [0.5, 0.6) is 0 Å². The van der Waals surface area contributed by atoms with Crippen LogP contribution in [0.25, 0.3) is 0 Å². The molecule has 0 spiro atoms. The Morgan fingerprint density at radius 1 is 1.35 bits per heavy atom. The number of carbonyl (C=O) groups is 2. The summed E-state index contributed by atoms with van der Waals surface area (Å²) < 4.78 is 0. The summed E-state index contributed by atoms with van der Waals surface area (Å²) in [5, 5.41) is 12.3. The number of aliphatic carboxylic acids is 1. The van der Waals surface area contributed by atoms with E-state index in [0.29, 0.717) is 24.8 Å². The second-order valence-electron chi connectivity index (χ2n) is 4.51. The van der Waals surface area contributed by atoms with Crippen molar-refractivity contribution in [3.63, 3.8) is 0 Å². The van der Waals surface area contributed by atoms with Gasteiger partial charge in [0.25, 0.3) is 0 Å². The maximum Gasteiger partial charge on any atom is 0.326 e. The number of carbonyl (C=O) groups excluding carboxylic acids is 1. The normalized spacial score (nSPS) is 28.4. The molecule has 2 fully saturated rings. The molecule has 2 aliphatic rings. The molecule has 2 saturated heterocycles. The number of likely N-dealkylation sites (tertiary alicyclic amines) is 1. The van der Waals surface area contributed by atoms with Gasteiger partial charge in [-0.25, -0.2) is 9.59 Å². The van der Waals surface area contributed by atoms with Crippen LogP contribution in [0, 0.1) is 0 Å². The molecule has 0 radical (unpaired) electrons. The first kappa shape index (κ1) is 12.5. The molecular formula is C11H18N2O3S.